The molecule has 0 saturated heterocycles. The Kier molecular flexibility index (Phi) is 5.96. The van der Waals surface area contributed by atoms with Gasteiger partial charge in [-0.15, -0.1) is 11.6 Å². The van der Waals surface area contributed by atoms with E-state index >= 15 is 0 Å². The fourth-order valence-corrected chi connectivity index (χ4v) is 1.52. The zero-order valence-corrected chi connectivity index (χ0v) is 12.9. The molecule has 0 aliphatic carbocycles. The molecule has 0 aliphatic rings. The predicted octanol–water partition coefficient (Wildman–Crippen LogP) is 3.03. The van der Waals surface area contributed by atoms with Crippen molar-refractivity contribution >= 4 is 29.3 Å². The fourth-order valence-electron chi connectivity index (χ4n) is 1.45. The highest BCUT2D eigenvalue weighted by Gasteiger charge is 2.16. The number of hydrogen-bond acceptors (Lipinski definition) is 3. The van der Waals surface area contributed by atoms with Crippen LogP contribution >= 0.6 is 11.6 Å². The van der Waals surface area contributed by atoms with Gasteiger partial charge in [-0.05, 0) is 38.5 Å². The first-order valence-electron chi connectivity index (χ1n) is 6.32. The van der Waals surface area contributed by atoms with Crippen LogP contribution in [0.25, 0.3) is 0 Å². The summed E-state index contributed by atoms with van der Waals surface area (Å²) in [5.74, 6) is -1.35. The van der Waals surface area contributed by atoms with Crippen LogP contribution < -0.4 is 10.6 Å². The summed E-state index contributed by atoms with van der Waals surface area (Å²) in [6.07, 6.45) is -0.571. The highest BCUT2D eigenvalue weighted by Crippen LogP contribution is 2.16. The van der Waals surface area contributed by atoms with E-state index in [-0.39, 0.29) is 18.1 Å². The minimum absolute atomic E-state index is 0.0177. The Bertz CT molecular complexity index is 529. The van der Waals surface area contributed by atoms with Gasteiger partial charge < -0.3 is 15.4 Å². The van der Waals surface area contributed by atoms with Crippen LogP contribution in [0.2, 0.25) is 0 Å². The van der Waals surface area contributed by atoms with E-state index in [1.807, 2.05) is 0 Å². The number of nitrogens with one attached hydrogen (secondary N) is 2. The van der Waals surface area contributed by atoms with E-state index in [1.165, 1.54) is 18.2 Å². The molecule has 5 nitrogen and oxygen atoms in total. The van der Waals surface area contributed by atoms with Gasteiger partial charge in [-0.25, -0.2) is 9.18 Å². The van der Waals surface area contributed by atoms with E-state index in [4.69, 9.17) is 16.3 Å². The smallest absolute Gasteiger partial charge is 0.407 e. The Morgan fingerprint density at radius 1 is 1.33 bits per heavy atom. The monoisotopic (exact) mass is 316 g/mol. The Labute approximate surface area is 127 Å². The van der Waals surface area contributed by atoms with Gasteiger partial charge in [0.05, 0.1) is 5.69 Å². The number of anilines is 1. The lowest BCUT2D eigenvalue weighted by atomic mass is 10.2. The van der Waals surface area contributed by atoms with Crippen LogP contribution in [0.1, 0.15) is 26.3 Å². The molecule has 0 aromatic heterocycles. The van der Waals surface area contributed by atoms with E-state index in [9.17, 15) is 14.0 Å². The van der Waals surface area contributed by atoms with Gasteiger partial charge in [-0.3, -0.25) is 4.79 Å². The minimum Gasteiger partial charge on any atom is -0.444 e. The molecule has 116 valence electrons. The number of rotatable bonds is 4. The average molecular weight is 317 g/mol. The maximum Gasteiger partial charge on any atom is 0.407 e. The normalized spacial score (nSPS) is 10.9. The van der Waals surface area contributed by atoms with Crippen molar-refractivity contribution in [3.63, 3.8) is 0 Å². The molecule has 7 heteroatoms. The summed E-state index contributed by atoms with van der Waals surface area (Å²) < 4.78 is 18.6. The molecule has 0 atom stereocenters. The standard InChI is InChI=1S/C14H18ClFN2O3/c1-14(2,3)21-13(20)17-8-9-4-5-10(16)11(6-9)18-12(19)7-15/h4-6H,7-8H2,1-3H3,(H,17,20)(H,18,19). The second kappa shape index (κ2) is 7.26. The lowest BCUT2D eigenvalue weighted by Crippen LogP contribution is -2.32. The quantitative estimate of drug-likeness (QED) is 0.839. The third kappa shape index (κ3) is 6.44. The number of ether oxygens (including phenoxy) is 1. The van der Waals surface area contributed by atoms with Crippen LogP contribution in [0.15, 0.2) is 18.2 Å². The second-order valence-electron chi connectivity index (χ2n) is 5.35. The van der Waals surface area contributed by atoms with Gasteiger partial charge in [0.1, 0.15) is 17.3 Å². The van der Waals surface area contributed by atoms with Gasteiger partial charge in [0.15, 0.2) is 0 Å². The molecule has 0 fully saturated rings. The topological polar surface area (TPSA) is 67.4 Å². The van der Waals surface area contributed by atoms with E-state index in [0.29, 0.717) is 5.56 Å². The molecule has 0 aliphatic heterocycles. The summed E-state index contributed by atoms with van der Waals surface area (Å²) in [5.41, 5.74) is 0.0445. The van der Waals surface area contributed by atoms with Crippen molar-refractivity contribution < 1.29 is 18.7 Å². The Morgan fingerprint density at radius 3 is 2.57 bits per heavy atom. The summed E-state index contributed by atoms with van der Waals surface area (Å²) in [6.45, 7) is 5.41. The molecule has 21 heavy (non-hydrogen) atoms. The zero-order valence-electron chi connectivity index (χ0n) is 12.1. The molecule has 1 aromatic carbocycles. The van der Waals surface area contributed by atoms with Gasteiger partial charge in [0.2, 0.25) is 5.91 Å². The molecule has 0 radical (unpaired) electrons. The number of alkyl halides is 1. The van der Waals surface area contributed by atoms with Crippen molar-refractivity contribution in [2.24, 2.45) is 0 Å². The van der Waals surface area contributed by atoms with E-state index in [1.54, 1.807) is 20.8 Å². The lowest BCUT2D eigenvalue weighted by molar-refractivity contribution is -0.113. The number of carbonyl (C=O) groups is 2. The van der Waals surface area contributed by atoms with Crippen molar-refractivity contribution in [3.05, 3.63) is 29.6 Å². The first-order valence-corrected chi connectivity index (χ1v) is 6.86. The molecule has 0 bridgehead atoms. The lowest BCUT2D eigenvalue weighted by Gasteiger charge is -2.19. The van der Waals surface area contributed by atoms with Gasteiger partial charge in [-0.2, -0.15) is 0 Å². The van der Waals surface area contributed by atoms with Crippen LogP contribution in [0.4, 0.5) is 14.9 Å². The maximum atomic E-state index is 13.5. The molecule has 0 saturated carbocycles. The van der Waals surface area contributed by atoms with Gasteiger partial charge >= 0.3 is 6.09 Å². The molecule has 0 spiro atoms. The van der Waals surface area contributed by atoms with Gasteiger partial charge in [0.25, 0.3) is 0 Å². The highest BCUT2D eigenvalue weighted by atomic mass is 35.5. The van der Waals surface area contributed by atoms with E-state index < -0.39 is 23.4 Å². The summed E-state index contributed by atoms with van der Waals surface area (Å²) >= 11 is 5.35. The molecular weight excluding hydrogens is 299 g/mol. The Morgan fingerprint density at radius 2 is 2.00 bits per heavy atom. The molecular formula is C14H18ClFN2O3. The van der Waals surface area contributed by atoms with E-state index in [0.717, 1.165) is 0 Å². The summed E-state index contributed by atoms with van der Waals surface area (Å²) in [4.78, 5) is 22.7. The Hall–Kier alpha value is -1.82. The van der Waals surface area contributed by atoms with E-state index in [2.05, 4.69) is 10.6 Å². The van der Waals surface area contributed by atoms with Gasteiger partial charge in [-0.1, -0.05) is 6.07 Å². The summed E-state index contributed by atoms with van der Waals surface area (Å²) in [6, 6.07) is 4.14. The predicted molar refractivity (Wildman–Crippen MR) is 78.8 cm³/mol. The van der Waals surface area contributed by atoms with Crippen LogP contribution in [-0.4, -0.2) is 23.5 Å². The number of amides is 2. The Balaban J connectivity index is 2.66. The number of halogens is 2. The van der Waals surface area contributed by atoms with Crippen molar-refractivity contribution in [1.29, 1.82) is 0 Å². The molecule has 1 aromatic rings. The van der Waals surface area contributed by atoms with Crippen molar-refractivity contribution in [1.82, 2.24) is 5.32 Å². The number of carbonyl (C=O) groups excluding carboxylic acids is 2. The molecule has 1 rings (SSSR count). The largest absolute Gasteiger partial charge is 0.444 e. The molecule has 2 amide bonds. The van der Waals surface area contributed by atoms with Crippen LogP contribution in [0, 0.1) is 5.82 Å². The number of benzene rings is 1. The van der Waals surface area contributed by atoms with Crippen LogP contribution in [0.5, 0.6) is 0 Å². The summed E-state index contributed by atoms with van der Waals surface area (Å²) in [7, 11) is 0. The zero-order chi connectivity index (χ0) is 16.0. The fraction of sp³-hybridized carbons (Fsp3) is 0.429. The number of alkyl carbamates (subject to hydrolysis) is 1. The molecule has 2 N–H and O–H groups in total. The van der Waals surface area contributed by atoms with Crippen LogP contribution in [-0.2, 0) is 16.1 Å². The average Bonchev–Trinajstić information content (AvgIpc) is 2.37. The first kappa shape index (κ1) is 17.2. The SMILES string of the molecule is CC(C)(C)OC(=O)NCc1ccc(F)c(NC(=O)CCl)c1. The maximum absolute atomic E-state index is 13.5. The third-order valence-corrected chi connectivity index (χ3v) is 2.50. The van der Waals surface area contributed by atoms with Crippen molar-refractivity contribution in [3.8, 4) is 0 Å². The molecule has 0 unspecified atom stereocenters. The highest BCUT2D eigenvalue weighted by molar-refractivity contribution is 6.29. The van der Waals surface area contributed by atoms with Crippen LogP contribution in [0.3, 0.4) is 0 Å². The van der Waals surface area contributed by atoms with Gasteiger partial charge in [0, 0.05) is 6.54 Å². The first-order chi connectivity index (χ1) is 9.71. The summed E-state index contributed by atoms with van der Waals surface area (Å²) in [5, 5.41) is 4.88. The third-order valence-electron chi connectivity index (χ3n) is 2.26. The van der Waals surface area contributed by atoms with Crippen molar-refractivity contribution in [2.45, 2.75) is 32.9 Å². The number of hydrogen-bond donors (Lipinski definition) is 2. The second-order valence-corrected chi connectivity index (χ2v) is 5.62. The minimum atomic E-state index is -0.591. The molecule has 0 heterocycles. The van der Waals surface area contributed by atoms with Crippen molar-refractivity contribution in [2.75, 3.05) is 11.2 Å².